The fourth-order valence-electron chi connectivity index (χ4n) is 3.52. The first-order valence-electron chi connectivity index (χ1n) is 9.81. The van der Waals surface area contributed by atoms with Crippen LogP contribution < -0.4 is 11.1 Å². The zero-order valence-corrected chi connectivity index (χ0v) is 19.5. The number of benzene rings is 1. The molecule has 162 valence electrons. The Labute approximate surface area is 195 Å². The van der Waals surface area contributed by atoms with Crippen LogP contribution in [0, 0.1) is 0 Å². The van der Waals surface area contributed by atoms with Gasteiger partial charge in [-0.2, -0.15) is 0 Å². The van der Waals surface area contributed by atoms with Crippen LogP contribution in [0.1, 0.15) is 25.7 Å². The molecule has 0 aliphatic rings. The summed E-state index contributed by atoms with van der Waals surface area (Å²) < 4.78 is 7.09. The van der Waals surface area contributed by atoms with Gasteiger partial charge in [-0.3, -0.25) is 14.2 Å². The van der Waals surface area contributed by atoms with Crippen molar-refractivity contribution in [1.82, 2.24) is 19.5 Å². The van der Waals surface area contributed by atoms with Crippen LogP contribution in [0.2, 0.25) is 5.02 Å². The molecule has 0 fully saturated rings. The van der Waals surface area contributed by atoms with Crippen molar-refractivity contribution in [2.24, 2.45) is 0 Å². The highest BCUT2D eigenvalue weighted by atomic mass is 35.5. The number of furan rings is 1. The van der Waals surface area contributed by atoms with Crippen molar-refractivity contribution in [1.29, 1.82) is 0 Å². The average Bonchev–Trinajstić information content (AvgIpc) is 3.41. The van der Waals surface area contributed by atoms with Crippen LogP contribution in [0.3, 0.4) is 0 Å². The van der Waals surface area contributed by atoms with Gasteiger partial charge in [-0.05, 0) is 44.2 Å². The number of nitrogens with one attached hydrogen (secondary N) is 1. The number of rotatable bonds is 5. The maximum Gasteiger partial charge on any atom is 0.262 e. The lowest BCUT2D eigenvalue weighted by atomic mass is 10.2. The summed E-state index contributed by atoms with van der Waals surface area (Å²) in [6.07, 6.45) is 1.57. The van der Waals surface area contributed by atoms with Crippen molar-refractivity contribution in [3.05, 3.63) is 73.5 Å². The molecule has 5 rings (SSSR count). The van der Waals surface area contributed by atoms with Crippen LogP contribution in [0.4, 0.5) is 0 Å². The van der Waals surface area contributed by atoms with E-state index in [4.69, 9.17) is 16.0 Å². The lowest BCUT2D eigenvalue weighted by Gasteiger charge is -2.16. The number of hydrogen-bond acceptors (Lipinski definition) is 7. The number of thiophene rings is 1. The molecular formula is C22H17ClN4O3S2. The highest BCUT2D eigenvalue weighted by molar-refractivity contribution is 7.98. The van der Waals surface area contributed by atoms with Gasteiger partial charge in [0.1, 0.15) is 16.4 Å². The second-order valence-corrected chi connectivity index (χ2v) is 9.67. The number of H-pyrrole nitrogens is 1. The molecule has 4 aromatic heterocycles. The predicted molar refractivity (Wildman–Crippen MR) is 129 cm³/mol. The SMILES string of the molecule is CC(C)n1c(SCc2nc3scc(-c4ccco4)c3c(=O)[nH]2)nc2cc(Cl)ccc2c1=O. The van der Waals surface area contributed by atoms with Crippen molar-refractivity contribution < 1.29 is 4.42 Å². The van der Waals surface area contributed by atoms with Crippen molar-refractivity contribution in [2.45, 2.75) is 30.8 Å². The lowest BCUT2D eigenvalue weighted by molar-refractivity contribution is 0.519. The van der Waals surface area contributed by atoms with E-state index in [1.807, 2.05) is 25.3 Å². The van der Waals surface area contributed by atoms with Crippen molar-refractivity contribution in [3.63, 3.8) is 0 Å². The van der Waals surface area contributed by atoms with E-state index in [9.17, 15) is 9.59 Å². The van der Waals surface area contributed by atoms with Gasteiger partial charge < -0.3 is 9.40 Å². The molecule has 0 atom stereocenters. The first-order chi connectivity index (χ1) is 15.4. The van der Waals surface area contributed by atoms with E-state index < -0.39 is 0 Å². The van der Waals surface area contributed by atoms with Gasteiger partial charge in [0.05, 0.1) is 28.3 Å². The second kappa shape index (κ2) is 8.23. The molecule has 0 unspecified atom stereocenters. The van der Waals surface area contributed by atoms with E-state index in [1.54, 1.807) is 35.1 Å². The Morgan fingerprint density at radius 3 is 2.84 bits per heavy atom. The monoisotopic (exact) mass is 484 g/mol. The molecule has 0 amide bonds. The standard InChI is InChI=1S/C22H17ClN4O3S2/c1-11(2)27-21(29)13-6-5-12(23)8-15(13)24-22(27)32-10-17-25-19(28)18-14(9-31-20(18)26-17)16-4-3-7-30-16/h3-9,11H,10H2,1-2H3,(H,25,26,28). The molecule has 32 heavy (non-hydrogen) atoms. The number of thioether (sulfide) groups is 1. The number of aromatic amines is 1. The summed E-state index contributed by atoms with van der Waals surface area (Å²) in [6, 6.07) is 8.57. The summed E-state index contributed by atoms with van der Waals surface area (Å²) in [6.45, 7) is 3.87. The molecule has 1 aromatic carbocycles. The zero-order valence-electron chi connectivity index (χ0n) is 17.1. The van der Waals surface area contributed by atoms with E-state index in [1.165, 1.54) is 23.1 Å². The zero-order chi connectivity index (χ0) is 22.4. The summed E-state index contributed by atoms with van der Waals surface area (Å²) in [7, 11) is 0. The largest absolute Gasteiger partial charge is 0.464 e. The third kappa shape index (κ3) is 3.66. The Morgan fingerprint density at radius 2 is 2.09 bits per heavy atom. The average molecular weight is 485 g/mol. The van der Waals surface area contributed by atoms with Gasteiger partial charge in [0.15, 0.2) is 5.16 Å². The van der Waals surface area contributed by atoms with E-state index in [0.717, 1.165) is 5.56 Å². The van der Waals surface area contributed by atoms with Crippen LogP contribution in [0.15, 0.2) is 61.1 Å². The first kappa shape index (κ1) is 21.0. The van der Waals surface area contributed by atoms with Gasteiger partial charge in [0.2, 0.25) is 0 Å². The van der Waals surface area contributed by atoms with Crippen LogP contribution in [-0.4, -0.2) is 19.5 Å². The fraction of sp³-hybridized carbons (Fsp3) is 0.182. The van der Waals surface area contributed by atoms with Crippen molar-refractivity contribution >= 4 is 55.8 Å². The van der Waals surface area contributed by atoms with E-state index in [2.05, 4.69) is 15.0 Å². The van der Waals surface area contributed by atoms with Crippen molar-refractivity contribution in [3.8, 4) is 11.3 Å². The molecule has 0 bridgehead atoms. The van der Waals surface area contributed by atoms with Crippen LogP contribution in [-0.2, 0) is 5.75 Å². The highest BCUT2D eigenvalue weighted by Crippen LogP contribution is 2.31. The quantitative estimate of drug-likeness (QED) is 0.262. The second-order valence-electron chi connectivity index (χ2n) is 7.43. The van der Waals surface area contributed by atoms with Crippen LogP contribution in [0.5, 0.6) is 0 Å². The van der Waals surface area contributed by atoms with Gasteiger partial charge in [-0.25, -0.2) is 9.97 Å². The molecule has 10 heteroatoms. The number of fused-ring (bicyclic) bond motifs is 2. The van der Waals surface area contributed by atoms with Gasteiger partial charge in [-0.1, -0.05) is 23.4 Å². The van der Waals surface area contributed by atoms with Crippen LogP contribution >= 0.6 is 34.7 Å². The summed E-state index contributed by atoms with van der Waals surface area (Å²) in [4.78, 5) is 38.6. The maximum atomic E-state index is 13.0. The Hall–Kier alpha value is -2.88. The third-order valence-corrected chi connectivity index (χ3v) is 7.04. The number of aromatic nitrogens is 4. The van der Waals surface area contributed by atoms with Gasteiger partial charge in [0.25, 0.3) is 11.1 Å². The molecular weight excluding hydrogens is 468 g/mol. The smallest absolute Gasteiger partial charge is 0.262 e. The molecule has 0 saturated carbocycles. The third-order valence-electron chi connectivity index (χ3n) is 4.97. The molecule has 0 saturated heterocycles. The Bertz CT molecular complexity index is 1570. The van der Waals surface area contributed by atoms with E-state index >= 15 is 0 Å². The van der Waals surface area contributed by atoms with Crippen molar-refractivity contribution in [2.75, 3.05) is 0 Å². The summed E-state index contributed by atoms with van der Waals surface area (Å²) in [5.74, 6) is 1.49. The molecule has 7 nitrogen and oxygen atoms in total. The van der Waals surface area contributed by atoms with E-state index in [-0.39, 0.29) is 17.2 Å². The molecule has 1 N–H and O–H groups in total. The summed E-state index contributed by atoms with van der Waals surface area (Å²) in [5, 5.41) is 3.96. The number of halogens is 1. The maximum absolute atomic E-state index is 13.0. The molecule has 5 aromatic rings. The fourth-order valence-corrected chi connectivity index (χ4v) is 5.63. The van der Waals surface area contributed by atoms with Gasteiger partial charge in [0, 0.05) is 22.0 Å². The topological polar surface area (TPSA) is 93.8 Å². The molecule has 0 spiro atoms. The minimum Gasteiger partial charge on any atom is -0.464 e. The Morgan fingerprint density at radius 1 is 1.25 bits per heavy atom. The van der Waals surface area contributed by atoms with Gasteiger partial charge in [-0.15, -0.1) is 11.3 Å². The molecule has 0 radical (unpaired) electrons. The lowest BCUT2D eigenvalue weighted by Crippen LogP contribution is -2.25. The van der Waals surface area contributed by atoms with Crippen LogP contribution in [0.25, 0.3) is 32.4 Å². The minimum atomic E-state index is -0.224. The summed E-state index contributed by atoms with van der Waals surface area (Å²) in [5.41, 5.74) is 0.921. The minimum absolute atomic E-state index is 0.0831. The Kier molecular flexibility index (Phi) is 5.40. The predicted octanol–water partition coefficient (Wildman–Crippen LogP) is 5.48. The van der Waals surface area contributed by atoms with Gasteiger partial charge >= 0.3 is 0 Å². The van der Waals surface area contributed by atoms with E-state index in [0.29, 0.717) is 48.6 Å². The highest BCUT2D eigenvalue weighted by Gasteiger charge is 2.17. The molecule has 0 aliphatic carbocycles. The number of hydrogen-bond donors (Lipinski definition) is 1. The summed E-state index contributed by atoms with van der Waals surface area (Å²) >= 11 is 8.84. The molecule has 4 heterocycles. The molecule has 0 aliphatic heterocycles. The normalized spacial score (nSPS) is 11.8. The Balaban J connectivity index is 1.52. The first-order valence-corrected chi connectivity index (χ1v) is 12.1. The number of nitrogens with zero attached hydrogens (tertiary/aromatic N) is 3.